The van der Waals surface area contributed by atoms with Crippen molar-refractivity contribution >= 4 is 11.0 Å². The van der Waals surface area contributed by atoms with Crippen LogP contribution in [0.5, 0.6) is 0 Å². The predicted molar refractivity (Wildman–Crippen MR) is 113 cm³/mol. The minimum absolute atomic E-state index is 0.360. The standard InChI is InChI=1S/C24H31N3/c1-4-18(2)21-13-11-20(12-14-21)17-27-23-10-6-5-9-22(23)25-24(27)19(3)26-15-7-8-16-26/h5-6,9-14,18-19H,4,7-8,15-17H2,1-3H3. The van der Waals surface area contributed by atoms with Gasteiger partial charge in [-0.05, 0) is 68.5 Å². The SMILES string of the molecule is CCC(C)c1ccc(Cn2c(C(C)N3CCCC3)nc3ccccc32)cc1. The molecule has 2 aromatic carbocycles. The van der Waals surface area contributed by atoms with E-state index in [0.717, 1.165) is 12.1 Å². The predicted octanol–water partition coefficient (Wildman–Crippen LogP) is 5.75. The van der Waals surface area contributed by atoms with Crippen LogP contribution in [0.15, 0.2) is 48.5 Å². The van der Waals surface area contributed by atoms with E-state index in [4.69, 9.17) is 4.98 Å². The Labute approximate surface area is 163 Å². The highest BCUT2D eigenvalue weighted by Crippen LogP contribution is 2.28. The number of likely N-dealkylation sites (tertiary alicyclic amines) is 1. The summed E-state index contributed by atoms with van der Waals surface area (Å²) in [5.41, 5.74) is 5.13. The maximum Gasteiger partial charge on any atom is 0.127 e. The number of hydrogen-bond donors (Lipinski definition) is 0. The third-order valence-corrected chi connectivity index (χ3v) is 6.25. The molecule has 1 aliphatic rings. The van der Waals surface area contributed by atoms with Crippen molar-refractivity contribution in [1.29, 1.82) is 0 Å². The summed E-state index contributed by atoms with van der Waals surface area (Å²) in [4.78, 5) is 7.61. The van der Waals surface area contributed by atoms with E-state index >= 15 is 0 Å². The minimum atomic E-state index is 0.360. The zero-order chi connectivity index (χ0) is 18.8. The van der Waals surface area contributed by atoms with E-state index in [1.807, 2.05) is 0 Å². The van der Waals surface area contributed by atoms with E-state index in [9.17, 15) is 0 Å². The maximum absolute atomic E-state index is 5.03. The first-order valence-electron chi connectivity index (χ1n) is 10.5. The van der Waals surface area contributed by atoms with E-state index in [2.05, 4.69) is 78.8 Å². The zero-order valence-corrected chi connectivity index (χ0v) is 16.9. The number of rotatable bonds is 6. The molecule has 3 heteroatoms. The van der Waals surface area contributed by atoms with Crippen LogP contribution >= 0.6 is 0 Å². The second-order valence-electron chi connectivity index (χ2n) is 8.01. The third kappa shape index (κ3) is 3.66. The second-order valence-corrected chi connectivity index (χ2v) is 8.01. The lowest BCUT2D eigenvalue weighted by Gasteiger charge is -2.24. The van der Waals surface area contributed by atoms with E-state index in [1.54, 1.807) is 0 Å². The fraction of sp³-hybridized carbons (Fsp3) is 0.458. The van der Waals surface area contributed by atoms with Crippen molar-refractivity contribution < 1.29 is 0 Å². The van der Waals surface area contributed by atoms with Crippen LogP contribution in [0.3, 0.4) is 0 Å². The molecule has 2 unspecified atom stereocenters. The van der Waals surface area contributed by atoms with Gasteiger partial charge in [0.2, 0.25) is 0 Å². The van der Waals surface area contributed by atoms with E-state index < -0.39 is 0 Å². The van der Waals surface area contributed by atoms with Gasteiger partial charge in [-0.1, -0.05) is 50.2 Å². The molecule has 3 nitrogen and oxygen atoms in total. The van der Waals surface area contributed by atoms with Crippen LogP contribution in [-0.4, -0.2) is 27.5 Å². The molecule has 142 valence electrons. The maximum atomic E-state index is 5.03. The Morgan fingerprint density at radius 2 is 1.67 bits per heavy atom. The molecular weight excluding hydrogens is 330 g/mol. The smallest absolute Gasteiger partial charge is 0.127 e. The highest BCUT2D eigenvalue weighted by molar-refractivity contribution is 5.76. The minimum Gasteiger partial charge on any atom is -0.322 e. The first-order chi connectivity index (χ1) is 13.2. The highest BCUT2D eigenvalue weighted by Gasteiger charge is 2.24. The summed E-state index contributed by atoms with van der Waals surface area (Å²) in [6, 6.07) is 18.1. The Bertz CT molecular complexity index is 888. The molecule has 1 fully saturated rings. The number of imidazole rings is 1. The van der Waals surface area contributed by atoms with Gasteiger partial charge in [-0.2, -0.15) is 0 Å². The Morgan fingerprint density at radius 3 is 2.37 bits per heavy atom. The van der Waals surface area contributed by atoms with Crippen molar-refractivity contribution in [2.75, 3.05) is 13.1 Å². The molecule has 2 atom stereocenters. The van der Waals surface area contributed by atoms with Crippen molar-refractivity contribution in [3.05, 3.63) is 65.5 Å². The molecule has 0 bridgehead atoms. The van der Waals surface area contributed by atoms with Gasteiger partial charge in [-0.3, -0.25) is 4.90 Å². The fourth-order valence-electron chi connectivity index (χ4n) is 4.24. The lowest BCUT2D eigenvalue weighted by Crippen LogP contribution is -2.26. The third-order valence-electron chi connectivity index (χ3n) is 6.25. The van der Waals surface area contributed by atoms with Crippen LogP contribution in [0.25, 0.3) is 11.0 Å². The number of benzene rings is 2. The van der Waals surface area contributed by atoms with Gasteiger partial charge in [-0.25, -0.2) is 4.98 Å². The summed E-state index contributed by atoms with van der Waals surface area (Å²) in [6.45, 7) is 10.1. The summed E-state index contributed by atoms with van der Waals surface area (Å²) in [5, 5.41) is 0. The number of nitrogens with zero attached hydrogens (tertiary/aromatic N) is 3. The molecular formula is C24H31N3. The number of para-hydroxylation sites is 2. The molecule has 1 aliphatic heterocycles. The Balaban J connectivity index is 1.68. The molecule has 0 N–H and O–H groups in total. The first-order valence-corrected chi connectivity index (χ1v) is 10.5. The lowest BCUT2D eigenvalue weighted by atomic mass is 9.97. The monoisotopic (exact) mass is 361 g/mol. The van der Waals surface area contributed by atoms with Crippen LogP contribution < -0.4 is 0 Å². The number of fused-ring (bicyclic) bond motifs is 1. The molecule has 1 saturated heterocycles. The molecule has 0 radical (unpaired) electrons. The molecule has 0 amide bonds. The molecule has 0 aliphatic carbocycles. The van der Waals surface area contributed by atoms with Crippen molar-refractivity contribution in [2.45, 2.75) is 58.5 Å². The van der Waals surface area contributed by atoms with E-state index in [0.29, 0.717) is 12.0 Å². The molecule has 0 spiro atoms. The summed E-state index contributed by atoms with van der Waals surface area (Å²) in [7, 11) is 0. The Hall–Kier alpha value is -2.13. The Morgan fingerprint density at radius 1 is 0.963 bits per heavy atom. The van der Waals surface area contributed by atoms with Gasteiger partial charge in [0.05, 0.1) is 17.1 Å². The average molecular weight is 362 g/mol. The van der Waals surface area contributed by atoms with Crippen molar-refractivity contribution in [3.8, 4) is 0 Å². The summed E-state index contributed by atoms with van der Waals surface area (Å²) >= 11 is 0. The normalized spacial score (nSPS) is 17.4. The zero-order valence-electron chi connectivity index (χ0n) is 16.9. The van der Waals surface area contributed by atoms with Crippen molar-refractivity contribution in [2.24, 2.45) is 0 Å². The van der Waals surface area contributed by atoms with E-state index in [1.165, 1.54) is 54.8 Å². The van der Waals surface area contributed by atoms with Crippen LogP contribution in [-0.2, 0) is 6.54 Å². The molecule has 2 heterocycles. The largest absolute Gasteiger partial charge is 0.322 e. The lowest BCUT2D eigenvalue weighted by molar-refractivity contribution is 0.249. The van der Waals surface area contributed by atoms with Crippen LogP contribution in [0, 0.1) is 0 Å². The molecule has 3 aromatic rings. The molecule has 0 saturated carbocycles. The van der Waals surface area contributed by atoms with Gasteiger partial charge >= 0.3 is 0 Å². The van der Waals surface area contributed by atoms with Crippen LogP contribution in [0.1, 0.15) is 68.9 Å². The van der Waals surface area contributed by atoms with E-state index in [-0.39, 0.29) is 0 Å². The fourth-order valence-corrected chi connectivity index (χ4v) is 4.24. The van der Waals surface area contributed by atoms with Gasteiger partial charge in [0.15, 0.2) is 0 Å². The highest BCUT2D eigenvalue weighted by atomic mass is 15.2. The number of aromatic nitrogens is 2. The summed E-state index contributed by atoms with van der Waals surface area (Å²) < 4.78 is 2.43. The molecule has 4 rings (SSSR count). The second kappa shape index (κ2) is 7.85. The van der Waals surface area contributed by atoms with Gasteiger partial charge in [-0.15, -0.1) is 0 Å². The molecule has 27 heavy (non-hydrogen) atoms. The molecule has 1 aromatic heterocycles. The summed E-state index contributed by atoms with van der Waals surface area (Å²) in [6.07, 6.45) is 3.80. The number of hydrogen-bond acceptors (Lipinski definition) is 2. The first kappa shape index (κ1) is 18.2. The van der Waals surface area contributed by atoms with Gasteiger partial charge < -0.3 is 4.57 Å². The van der Waals surface area contributed by atoms with Crippen molar-refractivity contribution in [1.82, 2.24) is 14.5 Å². The van der Waals surface area contributed by atoms with Gasteiger partial charge in [0, 0.05) is 6.54 Å². The van der Waals surface area contributed by atoms with Gasteiger partial charge in [0.1, 0.15) is 5.82 Å². The van der Waals surface area contributed by atoms with Crippen molar-refractivity contribution in [3.63, 3.8) is 0 Å². The van der Waals surface area contributed by atoms with Crippen LogP contribution in [0.2, 0.25) is 0 Å². The summed E-state index contributed by atoms with van der Waals surface area (Å²) in [5.74, 6) is 1.82. The average Bonchev–Trinajstić information content (AvgIpc) is 3.36. The topological polar surface area (TPSA) is 21.1 Å². The van der Waals surface area contributed by atoms with Gasteiger partial charge in [0.25, 0.3) is 0 Å². The quantitative estimate of drug-likeness (QED) is 0.557. The Kier molecular flexibility index (Phi) is 5.31. The van der Waals surface area contributed by atoms with Crippen LogP contribution in [0.4, 0.5) is 0 Å².